The molecule has 0 radical (unpaired) electrons. The molecule has 3 aliphatic heterocycles. The van der Waals surface area contributed by atoms with E-state index < -0.39 is 0 Å². The Morgan fingerprint density at radius 2 is 1.83 bits per heavy atom. The lowest BCUT2D eigenvalue weighted by atomic mass is 10.1. The molecule has 0 bridgehead atoms. The van der Waals surface area contributed by atoms with Gasteiger partial charge in [0.1, 0.15) is 13.2 Å². The van der Waals surface area contributed by atoms with E-state index in [1.165, 1.54) is 6.42 Å². The van der Waals surface area contributed by atoms with Crippen LogP contribution in [0, 0.1) is 0 Å². The van der Waals surface area contributed by atoms with Crippen LogP contribution >= 0.6 is 12.4 Å². The van der Waals surface area contributed by atoms with Crippen molar-refractivity contribution in [3.8, 4) is 11.5 Å². The second-order valence-corrected chi connectivity index (χ2v) is 6.33. The van der Waals surface area contributed by atoms with E-state index in [2.05, 4.69) is 10.2 Å². The highest BCUT2D eigenvalue weighted by Crippen LogP contribution is 2.31. The van der Waals surface area contributed by atoms with Crippen LogP contribution in [-0.4, -0.2) is 74.2 Å². The average Bonchev–Trinajstić information content (AvgIpc) is 3.15. The molecule has 4 rings (SSSR count). The van der Waals surface area contributed by atoms with Crippen LogP contribution in [0.3, 0.4) is 0 Å². The number of piperazine rings is 1. The van der Waals surface area contributed by atoms with E-state index in [9.17, 15) is 4.79 Å². The van der Waals surface area contributed by atoms with Crippen molar-refractivity contribution >= 4 is 18.3 Å². The van der Waals surface area contributed by atoms with Crippen molar-refractivity contribution in [2.45, 2.75) is 12.5 Å². The van der Waals surface area contributed by atoms with Crippen LogP contribution in [0.25, 0.3) is 0 Å². The molecule has 1 aromatic rings. The van der Waals surface area contributed by atoms with Gasteiger partial charge in [-0.05, 0) is 31.2 Å². The Morgan fingerprint density at radius 1 is 1.08 bits per heavy atom. The van der Waals surface area contributed by atoms with Crippen LogP contribution < -0.4 is 14.8 Å². The minimum absolute atomic E-state index is 0. The molecule has 2 saturated heterocycles. The van der Waals surface area contributed by atoms with Crippen LogP contribution in [-0.2, 0) is 0 Å². The van der Waals surface area contributed by atoms with Crippen LogP contribution in [0.1, 0.15) is 16.8 Å². The first-order valence-electron chi connectivity index (χ1n) is 8.45. The normalized spacial score (nSPS) is 23.7. The lowest BCUT2D eigenvalue weighted by molar-refractivity contribution is 0.0583. The summed E-state index contributed by atoms with van der Waals surface area (Å²) in [6.07, 6.45) is 1.22. The van der Waals surface area contributed by atoms with Crippen molar-refractivity contribution in [1.29, 1.82) is 0 Å². The second kappa shape index (κ2) is 7.59. The van der Waals surface area contributed by atoms with Crippen molar-refractivity contribution in [2.75, 3.05) is 52.5 Å². The Labute approximate surface area is 148 Å². The first-order chi connectivity index (χ1) is 11.3. The molecular weight excluding hydrogens is 330 g/mol. The first-order valence-corrected chi connectivity index (χ1v) is 8.45. The lowest BCUT2D eigenvalue weighted by Gasteiger charge is -2.37. The zero-order chi connectivity index (χ0) is 15.6. The zero-order valence-corrected chi connectivity index (χ0v) is 14.5. The van der Waals surface area contributed by atoms with Gasteiger partial charge in [-0.25, -0.2) is 0 Å². The highest BCUT2D eigenvalue weighted by Gasteiger charge is 2.28. The van der Waals surface area contributed by atoms with Crippen LogP contribution in [0.4, 0.5) is 0 Å². The third-order valence-corrected chi connectivity index (χ3v) is 4.94. The first kappa shape index (κ1) is 17.3. The molecule has 7 heteroatoms. The summed E-state index contributed by atoms with van der Waals surface area (Å²) in [4.78, 5) is 17.2. The van der Waals surface area contributed by atoms with E-state index in [0.717, 1.165) is 45.0 Å². The molecule has 1 amide bonds. The van der Waals surface area contributed by atoms with E-state index >= 15 is 0 Å². The summed E-state index contributed by atoms with van der Waals surface area (Å²) in [7, 11) is 0. The fraction of sp³-hybridized carbons (Fsp3) is 0.588. The maximum Gasteiger partial charge on any atom is 0.254 e. The third kappa shape index (κ3) is 3.45. The Kier molecular flexibility index (Phi) is 5.48. The van der Waals surface area contributed by atoms with Gasteiger partial charge in [0.2, 0.25) is 0 Å². The van der Waals surface area contributed by atoms with Gasteiger partial charge in [0.15, 0.2) is 11.5 Å². The molecule has 0 aliphatic carbocycles. The molecule has 3 aliphatic rings. The number of amides is 1. The van der Waals surface area contributed by atoms with Gasteiger partial charge in [-0.3, -0.25) is 9.69 Å². The minimum atomic E-state index is 0. The van der Waals surface area contributed by atoms with Gasteiger partial charge < -0.3 is 19.7 Å². The second-order valence-electron chi connectivity index (χ2n) is 6.33. The lowest BCUT2D eigenvalue weighted by Crippen LogP contribution is -2.52. The van der Waals surface area contributed by atoms with Gasteiger partial charge in [-0.15, -0.1) is 12.4 Å². The van der Waals surface area contributed by atoms with Gasteiger partial charge in [-0.2, -0.15) is 0 Å². The maximum absolute atomic E-state index is 12.7. The average molecular weight is 354 g/mol. The number of halogens is 1. The SMILES string of the molecule is Cl.O=C(c1ccc2c(c1)OCCO2)N1CCN(C2CCNC2)CC1. The standard InChI is InChI=1S/C17H23N3O3.ClH/c21-17(13-1-2-15-16(11-13)23-10-9-22-15)20-7-5-19(6-8-20)14-3-4-18-12-14;/h1-2,11,14,18H,3-10,12H2;1H. The quantitative estimate of drug-likeness (QED) is 0.859. The number of nitrogens with one attached hydrogen (secondary N) is 1. The number of hydrogen-bond acceptors (Lipinski definition) is 5. The highest BCUT2D eigenvalue weighted by atomic mass is 35.5. The van der Waals surface area contributed by atoms with Crippen LogP contribution in [0.15, 0.2) is 18.2 Å². The summed E-state index contributed by atoms with van der Waals surface area (Å²) in [5, 5.41) is 3.41. The van der Waals surface area contributed by atoms with Gasteiger partial charge in [0, 0.05) is 44.3 Å². The number of rotatable bonds is 2. The molecule has 3 heterocycles. The largest absolute Gasteiger partial charge is 0.486 e. The molecule has 1 N–H and O–H groups in total. The Morgan fingerprint density at radius 3 is 2.54 bits per heavy atom. The van der Waals surface area contributed by atoms with Gasteiger partial charge in [-0.1, -0.05) is 0 Å². The summed E-state index contributed by atoms with van der Waals surface area (Å²) >= 11 is 0. The minimum Gasteiger partial charge on any atom is -0.486 e. The summed E-state index contributed by atoms with van der Waals surface area (Å²) in [5.41, 5.74) is 0.685. The van der Waals surface area contributed by atoms with E-state index in [-0.39, 0.29) is 18.3 Å². The van der Waals surface area contributed by atoms with E-state index in [1.807, 2.05) is 23.1 Å². The van der Waals surface area contributed by atoms with Gasteiger partial charge in [0.25, 0.3) is 5.91 Å². The Hall–Kier alpha value is -1.50. The smallest absolute Gasteiger partial charge is 0.254 e. The molecule has 132 valence electrons. The summed E-state index contributed by atoms with van der Waals surface area (Å²) in [5.74, 6) is 1.50. The molecule has 0 spiro atoms. The predicted octanol–water partition coefficient (Wildman–Crippen LogP) is 0.999. The topological polar surface area (TPSA) is 54.0 Å². The van der Waals surface area contributed by atoms with Gasteiger partial charge in [0.05, 0.1) is 0 Å². The van der Waals surface area contributed by atoms with Crippen LogP contribution in [0.5, 0.6) is 11.5 Å². The molecule has 1 unspecified atom stereocenters. The molecule has 2 fully saturated rings. The monoisotopic (exact) mass is 353 g/mol. The van der Waals surface area contributed by atoms with Crippen LogP contribution in [0.2, 0.25) is 0 Å². The van der Waals surface area contributed by atoms with Crippen molar-refractivity contribution < 1.29 is 14.3 Å². The van der Waals surface area contributed by atoms with Crippen molar-refractivity contribution in [2.24, 2.45) is 0 Å². The number of hydrogen-bond donors (Lipinski definition) is 1. The summed E-state index contributed by atoms with van der Waals surface area (Å²) in [6, 6.07) is 6.12. The number of carbonyl (C=O) groups is 1. The Balaban J connectivity index is 0.00000169. The number of nitrogens with zero attached hydrogens (tertiary/aromatic N) is 2. The molecule has 1 aromatic carbocycles. The molecule has 1 atom stereocenters. The fourth-order valence-electron chi connectivity index (χ4n) is 3.60. The molecule has 0 saturated carbocycles. The Bertz CT molecular complexity index is 584. The number of ether oxygens (including phenoxy) is 2. The van der Waals surface area contributed by atoms with Crippen molar-refractivity contribution in [3.05, 3.63) is 23.8 Å². The molecule has 0 aromatic heterocycles. The molecule has 6 nitrogen and oxygen atoms in total. The number of fused-ring (bicyclic) bond motifs is 1. The van der Waals surface area contributed by atoms with Gasteiger partial charge >= 0.3 is 0 Å². The van der Waals surface area contributed by atoms with Crippen molar-refractivity contribution in [3.63, 3.8) is 0 Å². The predicted molar refractivity (Wildman–Crippen MR) is 93.4 cm³/mol. The van der Waals surface area contributed by atoms with E-state index in [1.54, 1.807) is 0 Å². The molecular formula is C17H24ClN3O3. The van der Waals surface area contributed by atoms with E-state index in [0.29, 0.717) is 30.6 Å². The molecule has 24 heavy (non-hydrogen) atoms. The van der Waals surface area contributed by atoms with E-state index in [4.69, 9.17) is 9.47 Å². The number of benzene rings is 1. The third-order valence-electron chi connectivity index (χ3n) is 4.94. The number of carbonyl (C=O) groups excluding carboxylic acids is 1. The van der Waals surface area contributed by atoms with Crippen molar-refractivity contribution in [1.82, 2.24) is 15.1 Å². The summed E-state index contributed by atoms with van der Waals surface area (Å²) in [6.45, 7) is 6.81. The summed E-state index contributed by atoms with van der Waals surface area (Å²) < 4.78 is 11.1. The zero-order valence-electron chi connectivity index (χ0n) is 13.7. The maximum atomic E-state index is 12.7. The fourth-order valence-corrected chi connectivity index (χ4v) is 3.60. The highest BCUT2D eigenvalue weighted by molar-refractivity contribution is 5.95.